The van der Waals surface area contributed by atoms with Crippen molar-refractivity contribution in [1.29, 1.82) is 0 Å². The minimum absolute atomic E-state index is 0.632. The first-order chi connectivity index (χ1) is 9.88. The second kappa shape index (κ2) is 6.72. The summed E-state index contributed by atoms with van der Waals surface area (Å²) in [4.78, 5) is 0. The standard InChI is InChI=1S/C16H23NO2S/c1-20-15-8-3-6-13(15)17-11-12-5-2-7-14-16(12)19-10-4-9-18-14/h2,5,7,13,15,17H,3-4,6,8-11H2,1H3. The van der Waals surface area contributed by atoms with Crippen LogP contribution in [0.1, 0.15) is 31.2 Å². The van der Waals surface area contributed by atoms with Crippen LogP contribution in [0, 0.1) is 0 Å². The Morgan fingerprint density at radius 3 is 3.00 bits per heavy atom. The van der Waals surface area contributed by atoms with Crippen molar-refractivity contribution in [1.82, 2.24) is 5.32 Å². The maximum atomic E-state index is 5.88. The molecule has 1 heterocycles. The lowest BCUT2D eigenvalue weighted by Crippen LogP contribution is -2.33. The van der Waals surface area contributed by atoms with Crippen LogP contribution in [0.4, 0.5) is 0 Å². The average molecular weight is 293 g/mol. The normalized spacial score (nSPS) is 25.4. The quantitative estimate of drug-likeness (QED) is 0.923. The van der Waals surface area contributed by atoms with E-state index in [1.807, 2.05) is 17.8 Å². The van der Waals surface area contributed by atoms with E-state index in [0.29, 0.717) is 6.04 Å². The number of nitrogens with one attached hydrogen (secondary N) is 1. The molecule has 1 aliphatic heterocycles. The molecule has 1 aliphatic carbocycles. The Bertz CT molecular complexity index is 452. The van der Waals surface area contributed by atoms with E-state index in [1.54, 1.807) is 0 Å². The van der Waals surface area contributed by atoms with Gasteiger partial charge in [-0.3, -0.25) is 0 Å². The molecule has 2 aliphatic rings. The molecule has 20 heavy (non-hydrogen) atoms. The van der Waals surface area contributed by atoms with E-state index in [9.17, 15) is 0 Å². The lowest BCUT2D eigenvalue weighted by molar-refractivity contribution is 0.295. The third-order valence-electron chi connectivity index (χ3n) is 4.16. The molecule has 0 amide bonds. The fourth-order valence-corrected chi connectivity index (χ4v) is 4.04. The van der Waals surface area contributed by atoms with Gasteiger partial charge in [-0.25, -0.2) is 0 Å². The Hall–Kier alpha value is -0.870. The molecule has 0 aromatic heterocycles. The van der Waals surface area contributed by atoms with Gasteiger partial charge in [0.05, 0.1) is 13.2 Å². The molecule has 2 atom stereocenters. The Kier molecular flexibility index (Phi) is 4.73. The zero-order chi connectivity index (χ0) is 13.8. The van der Waals surface area contributed by atoms with E-state index in [1.165, 1.54) is 24.8 Å². The topological polar surface area (TPSA) is 30.5 Å². The summed E-state index contributed by atoms with van der Waals surface area (Å²) in [6.45, 7) is 2.37. The lowest BCUT2D eigenvalue weighted by atomic mass is 10.1. The first-order valence-corrected chi connectivity index (χ1v) is 8.81. The van der Waals surface area contributed by atoms with Gasteiger partial charge in [-0.15, -0.1) is 0 Å². The summed E-state index contributed by atoms with van der Waals surface area (Å²) in [6, 6.07) is 6.84. The molecule has 1 saturated carbocycles. The molecule has 3 rings (SSSR count). The van der Waals surface area contributed by atoms with Gasteiger partial charge >= 0.3 is 0 Å². The maximum absolute atomic E-state index is 5.88. The molecule has 0 saturated heterocycles. The maximum Gasteiger partial charge on any atom is 0.165 e. The average Bonchev–Trinajstić information content (AvgIpc) is 2.80. The van der Waals surface area contributed by atoms with E-state index in [4.69, 9.17) is 9.47 Å². The number of benzene rings is 1. The molecule has 4 heteroatoms. The van der Waals surface area contributed by atoms with Gasteiger partial charge in [0.25, 0.3) is 0 Å². The monoisotopic (exact) mass is 293 g/mol. The first-order valence-electron chi connectivity index (χ1n) is 7.52. The largest absolute Gasteiger partial charge is 0.490 e. The molecule has 3 nitrogen and oxygen atoms in total. The number of hydrogen-bond donors (Lipinski definition) is 1. The lowest BCUT2D eigenvalue weighted by Gasteiger charge is -2.20. The number of para-hydroxylation sites is 1. The summed E-state index contributed by atoms with van der Waals surface area (Å²) >= 11 is 1.99. The Labute approximate surface area is 125 Å². The van der Waals surface area contributed by atoms with Gasteiger partial charge in [0.15, 0.2) is 11.5 Å². The SMILES string of the molecule is CSC1CCCC1NCc1cccc2c1OCCCO2. The summed E-state index contributed by atoms with van der Waals surface area (Å²) in [7, 11) is 0. The van der Waals surface area contributed by atoms with Crippen molar-refractivity contribution in [3.8, 4) is 11.5 Å². The molecule has 0 bridgehead atoms. The number of hydrogen-bond acceptors (Lipinski definition) is 4. The summed E-state index contributed by atoms with van der Waals surface area (Å²) < 4.78 is 11.6. The molecule has 1 fully saturated rings. The fourth-order valence-electron chi connectivity index (χ4n) is 3.08. The van der Waals surface area contributed by atoms with Crippen molar-refractivity contribution >= 4 is 11.8 Å². The van der Waals surface area contributed by atoms with Gasteiger partial charge in [0, 0.05) is 29.8 Å². The van der Waals surface area contributed by atoms with Crippen molar-refractivity contribution in [3.63, 3.8) is 0 Å². The van der Waals surface area contributed by atoms with Gasteiger partial charge in [-0.2, -0.15) is 11.8 Å². The van der Waals surface area contributed by atoms with Crippen LogP contribution < -0.4 is 14.8 Å². The van der Waals surface area contributed by atoms with Crippen LogP contribution in [0.5, 0.6) is 11.5 Å². The van der Waals surface area contributed by atoms with E-state index in [0.717, 1.165) is 42.9 Å². The predicted molar refractivity (Wildman–Crippen MR) is 83.8 cm³/mol. The molecular weight excluding hydrogens is 270 g/mol. The van der Waals surface area contributed by atoms with E-state index < -0.39 is 0 Å². The predicted octanol–water partition coefficient (Wildman–Crippen LogP) is 3.22. The van der Waals surface area contributed by atoms with Crippen molar-refractivity contribution in [2.24, 2.45) is 0 Å². The van der Waals surface area contributed by atoms with E-state index in [2.05, 4.69) is 23.7 Å². The van der Waals surface area contributed by atoms with Crippen molar-refractivity contribution < 1.29 is 9.47 Å². The van der Waals surface area contributed by atoms with Crippen LogP contribution in [0.25, 0.3) is 0 Å². The summed E-state index contributed by atoms with van der Waals surface area (Å²) in [5, 5.41) is 4.47. The van der Waals surface area contributed by atoms with E-state index >= 15 is 0 Å². The van der Waals surface area contributed by atoms with Gasteiger partial charge in [0.2, 0.25) is 0 Å². The summed E-state index contributed by atoms with van der Waals surface area (Å²) in [6.07, 6.45) is 7.15. The molecule has 1 aromatic rings. The molecule has 2 unspecified atom stereocenters. The van der Waals surface area contributed by atoms with Crippen LogP contribution in [0.3, 0.4) is 0 Å². The van der Waals surface area contributed by atoms with Crippen LogP contribution in [-0.4, -0.2) is 30.8 Å². The highest BCUT2D eigenvalue weighted by atomic mass is 32.2. The number of rotatable bonds is 4. The number of thioether (sulfide) groups is 1. The molecule has 0 radical (unpaired) electrons. The Morgan fingerprint density at radius 2 is 2.10 bits per heavy atom. The van der Waals surface area contributed by atoms with Crippen molar-refractivity contribution in [3.05, 3.63) is 23.8 Å². The van der Waals surface area contributed by atoms with Crippen molar-refractivity contribution in [2.75, 3.05) is 19.5 Å². The van der Waals surface area contributed by atoms with Gasteiger partial charge in [-0.05, 0) is 25.2 Å². The van der Waals surface area contributed by atoms with Crippen LogP contribution in [0.2, 0.25) is 0 Å². The Morgan fingerprint density at radius 1 is 1.20 bits per heavy atom. The van der Waals surface area contributed by atoms with Gasteiger partial charge in [0.1, 0.15) is 0 Å². The van der Waals surface area contributed by atoms with Crippen LogP contribution in [0.15, 0.2) is 18.2 Å². The Balaban J connectivity index is 1.68. The third-order valence-corrected chi connectivity index (χ3v) is 5.33. The molecule has 0 spiro atoms. The highest BCUT2D eigenvalue weighted by molar-refractivity contribution is 7.99. The van der Waals surface area contributed by atoms with Crippen LogP contribution >= 0.6 is 11.8 Å². The highest BCUT2D eigenvalue weighted by Crippen LogP contribution is 2.34. The zero-order valence-corrected chi connectivity index (χ0v) is 12.9. The zero-order valence-electron chi connectivity index (χ0n) is 12.1. The van der Waals surface area contributed by atoms with Gasteiger partial charge < -0.3 is 14.8 Å². The fraction of sp³-hybridized carbons (Fsp3) is 0.625. The second-order valence-electron chi connectivity index (χ2n) is 5.49. The highest BCUT2D eigenvalue weighted by Gasteiger charge is 2.26. The van der Waals surface area contributed by atoms with E-state index in [-0.39, 0.29) is 0 Å². The molecule has 110 valence electrons. The molecule has 1 aromatic carbocycles. The smallest absolute Gasteiger partial charge is 0.165 e. The third kappa shape index (κ3) is 3.07. The minimum Gasteiger partial charge on any atom is -0.490 e. The van der Waals surface area contributed by atoms with Crippen LogP contribution in [-0.2, 0) is 6.54 Å². The summed E-state index contributed by atoms with van der Waals surface area (Å²) in [5.74, 6) is 1.84. The number of fused-ring (bicyclic) bond motifs is 1. The van der Waals surface area contributed by atoms with Gasteiger partial charge in [-0.1, -0.05) is 18.6 Å². The second-order valence-corrected chi connectivity index (χ2v) is 6.56. The molecular formula is C16H23NO2S. The number of ether oxygens (including phenoxy) is 2. The first kappa shape index (κ1) is 14.1. The minimum atomic E-state index is 0.632. The van der Waals surface area contributed by atoms with Crippen molar-refractivity contribution in [2.45, 2.75) is 43.5 Å². The summed E-state index contributed by atoms with van der Waals surface area (Å²) in [5.41, 5.74) is 1.22. The molecule has 1 N–H and O–H groups in total.